The average molecular weight is 330 g/mol. The van der Waals surface area contributed by atoms with Crippen LogP contribution in [-0.4, -0.2) is 52.3 Å². The fraction of sp³-hybridized carbons (Fsp3) is 0.714. The third-order valence-corrected chi connectivity index (χ3v) is 3.91. The average Bonchev–Trinajstić information content (AvgIpc) is 2.44. The summed E-state index contributed by atoms with van der Waals surface area (Å²) in [5.74, 6) is -1.18. The molecule has 0 aromatic rings. The third-order valence-electron chi connectivity index (χ3n) is 2.79. The number of hydrogen-bond donors (Lipinski definition) is 2. The molecule has 0 aromatic carbocycles. The number of ether oxygens (including phenoxy) is 1. The van der Waals surface area contributed by atoms with Crippen LogP contribution in [0.2, 0.25) is 0 Å². The highest BCUT2D eigenvalue weighted by molar-refractivity contribution is 7.99. The molecule has 22 heavy (non-hydrogen) atoms. The quantitative estimate of drug-likeness (QED) is 0.271. The third kappa shape index (κ3) is 7.95. The molecule has 0 aliphatic carbocycles. The Morgan fingerprint density at radius 1 is 1.36 bits per heavy atom. The Kier molecular flexibility index (Phi) is 10.2. The maximum absolute atomic E-state index is 12.1. The van der Waals surface area contributed by atoms with Crippen LogP contribution in [0.1, 0.15) is 40.0 Å². The topological polar surface area (TPSA) is 110 Å². The molecule has 0 aromatic heterocycles. The summed E-state index contributed by atoms with van der Waals surface area (Å²) in [6.45, 7) is 5.31. The summed E-state index contributed by atoms with van der Waals surface area (Å²) in [6, 6.07) is -0.876. The van der Waals surface area contributed by atoms with Crippen molar-refractivity contribution in [3.05, 3.63) is 0 Å². The molecule has 0 radical (unpaired) electrons. The van der Waals surface area contributed by atoms with Gasteiger partial charge in [0.2, 0.25) is 11.7 Å². The largest absolute Gasteiger partial charge is 0.461 e. The number of hydrogen-bond acceptors (Lipinski definition) is 6. The number of carbonyl (C=O) groups is 3. The zero-order chi connectivity index (χ0) is 17.1. The molecular weight excluding hydrogens is 306 g/mol. The minimum absolute atomic E-state index is 0.0105. The number of amides is 1. The van der Waals surface area contributed by atoms with Crippen LogP contribution < -0.4 is 5.32 Å². The Morgan fingerprint density at radius 3 is 2.45 bits per heavy atom. The molecular formula is C14H24N3O4S+. The van der Waals surface area contributed by atoms with Crippen molar-refractivity contribution in [3.63, 3.8) is 0 Å². The zero-order valence-electron chi connectivity index (χ0n) is 13.4. The first-order valence-electron chi connectivity index (χ1n) is 7.11. The van der Waals surface area contributed by atoms with Crippen molar-refractivity contribution in [3.8, 4) is 0 Å². The smallest absolute Gasteiger partial charge is 0.372 e. The molecule has 0 aliphatic rings. The highest BCUT2D eigenvalue weighted by Crippen LogP contribution is 2.12. The molecule has 7 nitrogen and oxygen atoms in total. The summed E-state index contributed by atoms with van der Waals surface area (Å²) in [6.07, 6.45) is 3.17. The molecule has 0 saturated heterocycles. The van der Waals surface area contributed by atoms with E-state index in [0.29, 0.717) is 6.42 Å². The maximum atomic E-state index is 12.1. The Balaban J connectivity index is 4.84. The van der Waals surface area contributed by atoms with E-state index in [4.69, 9.17) is 10.3 Å². The number of nitrogens with zero attached hydrogens (tertiary/aromatic N) is 1. The van der Waals surface area contributed by atoms with Gasteiger partial charge in [-0.25, -0.2) is 4.79 Å². The fourth-order valence-corrected chi connectivity index (χ4v) is 2.33. The number of esters is 1. The van der Waals surface area contributed by atoms with Crippen LogP contribution in [0.25, 0.3) is 0 Å². The van der Waals surface area contributed by atoms with Crippen molar-refractivity contribution in [1.29, 1.82) is 5.53 Å². The number of ketones is 1. The van der Waals surface area contributed by atoms with Crippen LogP contribution in [0.3, 0.4) is 0 Å². The van der Waals surface area contributed by atoms with Gasteiger partial charge in [0.05, 0.1) is 21.7 Å². The van der Waals surface area contributed by atoms with Crippen LogP contribution >= 0.6 is 11.8 Å². The van der Waals surface area contributed by atoms with Gasteiger partial charge in [-0.3, -0.25) is 9.59 Å². The molecule has 2 atom stereocenters. The number of rotatable bonds is 10. The second-order valence-corrected chi connectivity index (χ2v) is 5.98. The van der Waals surface area contributed by atoms with Gasteiger partial charge in [-0.05, 0) is 32.9 Å². The van der Waals surface area contributed by atoms with Crippen molar-refractivity contribution in [2.75, 3.05) is 6.26 Å². The van der Waals surface area contributed by atoms with Gasteiger partial charge in [-0.1, -0.05) is 6.92 Å². The van der Waals surface area contributed by atoms with Crippen molar-refractivity contribution >= 4 is 35.6 Å². The number of Topliss-reactive ketones (excluding diaryl/α,β-unsaturated/α-hetero) is 1. The van der Waals surface area contributed by atoms with E-state index in [9.17, 15) is 14.4 Å². The van der Waals surface area contributed by atoms with E-state index in [1.165, 1.54) is 11.8 Å². The molecule has 8 heteroatoms. The fourth-order valence-electron chi connectivity index (χ4n) is 1.71. The molecule has 0 aliphatic heterocycles. The summed E-state index contributed by atoms with van der Waals surface area (Å²) in [7, 11) is 0. The molecule has 1 amide bonds. The molecule has 0 unspecified atom stereocenters. The van der Waals surface area contributed by atoms with Gasteiger partial charge in [-0.2, -0.15) is 11.8 Å². The lowest BCUT2D eigenvalue weighted by Crippen LogP contribution is -2.46. The van der Waals surface area contributed by atoms with Crippen LogP contribution in [0.5, 0.6) is 0 Å². The lowest BCUT2D eigenvalue weighted by Gasteiger charge is -2.21. The van der Waals surface area contributed by atoms with Crippen molar-refractivity contribution < 1.29 is 23.9 Å². The summed E-state index contributed by atoms with van der Waals surface area (Å²) < 4.78 is 5.11. The molecule has 0 bridgehead atoms. The molecule has 0 spiro atoms. The lowest BCUT2D eigenvalue weighted by molar-refractivity contribution is -0.151. The lowest BCUT2D eigenvalue weighted by atomic mass is 10.1. The van der Waals surface area contributed by atoms with Crippen LogP contribution in [0.4, 0.5) is 0 Å². The van der Waals surface area contributed by atoms with Gasteiger partial charge in [0.15, 0.2) is 0 Å². The molecule has 0 fully saturated rings. The Morgan fingerprint density at radius 2 is 2.00 bits per heavy atom. The van der Waals surface area contributed by atoms with E-state index in [-0.39, 0.29) is 35.9 Å². The standard InChI is InChI=1S/C14H23N3O4S/c1-5-12(22-4)13(19)17-11(14(20)21-9(2)3)7-6-10(18)8-16-15/h8-9,11-12,15H,5-7H2,1-4H3/p+1/t11-,12-/m0/s1. The van der Waals surface area contributed by atoms with E-state index in [1.807, 2.05) is 13.2 Å². The monoisotopic (exact) mass is 330 g/mol. The highest BCUT2D eigenvalue weighted by Gasteiger charge is 2.27. The summed E-state index contributed by atoms with van der Waals surface area (Å²) in [5.41, 5.74) is 6.60. The van der Waals surface area contributed by atoms with Crippen LogP contribution in [0, 0.1) is 5.53 Å². The second-order valence-electron chi connectivity index (χ2n) is 4.94. The van der Waals surface area contributed by atoms with E-state index in [2.05, 4.69) is 10.1 Å². The van der Waals surface area contributed by atoms with Gasteiger partial charge >= 0.3 is 12.2 Å². The van der Waals surface area contributed by atoms with Crippen molar-refractivity contribution in [1.82, 2.24) is 5.32 Å². The summed E-state index contributed by atoms with van der Waals surface area (Å²) in [5, 5.41) is 2.39. The van der Waals surface area contributed by atoms with Gasteiger partial charge in [-0.15, -0.1) is 0 Å². The summed E-state index contributed by atoms with van der Waals surface area (Å²) in [4.78, 5) is 38.4. The predicted octanol–water partition coefficient (Wildman–Crippen LogP) is 1.22. The first-order chi connectivity index (χ1) is 10.3. The van der Waals surface area contributed by atoms with Crippen molar-refractivity contribution in [2.45, 2.75) is 57.4 Å². The predicted molar refractivity (Wildman–Crippen MR) is 84.0 cm³/mol. The Labute approximate surface area is 134 Å². The van der Waals surface area contributed by atoms with Gasteiger partial charge in [0, 0.05) is 6.42 Å². The van der Waals surface area contributed by atoms with E-state index in [0.717, 1.165) is 6.21 Å². The van der Waals surface area contributed by atoms with Gasteiger partial charge in [0.1, 0.15) is 6.04 Å². The Bertz CT molecular complexity index is 443. The number of carbonyl (C=O) groups excluding carboxylic acids is 3. The number of nitrogens with one attached hydrogen (secondary N) is 2. The minimum atomic E-state index is -0.876. The van der Waals surface area contributed by atoms with E-state index >= 15 is 0 Å². The minimum Gasteiger partial charge on any atom is -0.461 e. The van der Waals surface area contributed by atoms with Crippen LogP contribution in [0.15, 0.2) is 0 Å². The molecule has 0 saturated carbocycles. The van der Waals surface area contributed by atoms with Gasteiger partial charge in [0.25, 0.3) is 0 Å². The first-order valence-corrected chi connectivity index (χ1v) is 8.40. The molecule has 0 rings (SSSR count). The van der Waals surface area contributed by atoms with Crippen LogP contribution in [-0.2, 0) is 19.1 Å². The van der Waals surface area contributed by atoms with Crippen molar-refractivity contribution in [2.24, 2.45) is 0 Å². The molecule has 0 heterocycles. The van der Waals surface area contributed by atoms with Gasteiger partial charge < -0.3 is 10.1 Å². The normalized spacial score (nSPS) is 13.0. The first kappa shape index (κ1) is 20.3. The highest BCUT2D eigenvalue weighted by atomic mass is 32.2. The maximum Gasteiger partial charge on any atom is 0.372 e. The SMILES string of the molecule is CC[C@H](SC)C(=O)N[C@@H](CCC(=O)C=[N+]=N)C(=O)OC(C)C. The van der Waals surface area contributed by atoms with E-state index in [1.54, 1.807) is 13.8 Å². The van der Waals surface area contributed by atoms with E-state index < -0.39 is 12.0 Å². The number of thioether (sulfide) groups is 1. The summed E-state index contributed by atoms with van der Waals surface area (Å²) >= 11 is 1.40. The Hall–Kier alpha value is -1.66. The second kappa shape index (κ2) is 11.0. The molecule has 2 N–H and O–H groups in total. The molecule has 124 valence electrons. The zero-order valence-corrected chi connectivity index (χ0v) is 14.2.